The number of aromatic nitrogens is 2. The molecule has 146 valence electrons. The van der Waals surface area contributed by atoms with Crippen LogP contribution in [0.1, 0.15) is 37.7 Å². The molecular weight excluding hydrogens is 395 g/mol. The molecule has 0 bridgehead atoms. The van der Waals surface area contributed by atoms with Gasteiger partial charge < -0.3 is 14.8 Å². The summed E-state index contributed by atoms with van der Waals surface area (Å²) >= 11 is 12.5. The Kier molecular flexibility index (Phi) is 5.21. The SMILES string of the molecule is CCN(CC)c1cccc2nc3n(c12)CCC(=O)NC3c1ccc(Cl)cc1Cl. The Labute approximate surface area is 174 Å². The first kappa shape index (κ1) is 19.1. The Morgan fingerprint density at radius 2 is 2.00 bits per heavy atom. The van der Waals surface area contributed by atoms with E-state index < -0.39 is 6.04 Å². The highest BCUT2D eigenvalue weighted by molar-refractivity contribution is 6.35. The highest BCUT2D eigenvalue weighted by atomic mass is 35.5. The fourth-order valence-corrected chi connectivity index (χ4v) is 4.43. The highest BCUT2D eigenvalue weighted by Gasteiger charge is 2.29. The smallest absolute Gasteiger partial charge is 0.222 e. The molecule has 1 amide bonds. The van der Waals surface area contributed by atoms with Gasteiger partial charge in [-0.05, 0) is 38.1 Å². The van der Waals surface area contributed by atoms with Crippen molar-refractivity contribution < 1.29 is 4.79 Å². The second kappa shape index (κ2) is 7.64. The standard InChI is InChI=1S/C21H22Cl2N4O/c1-3-26(4-2)17-7-5-6-16-20(17)27-11-10-18(28)25-19(21(27)24-16)14-9-8-13(22)12-15(14)23/h5-9,12,19H,3-4,10-11H2,1-2H3,(H,25,28). The third kappa shape index (κ3) is 3.23. The monoisotopic (exact) mass is 416 g/mol. The highest BCUT2D eigenvalue weighted by Crippen LogP contribution is 2.36. The molecule has 1 unspecified atom stereocenters. The topological polar surface area (TPSA) is 50.2 Å². The predicted molar refractivity (Wildman–Crippen MR) is 114 cm³/mol. The minimum Gasteiger partial charge on any atom is -0.370 e. The molecule has 1 N–H and O–H groups in total. The van der Waals surface area contributed by atoms with Gasteiger partial charge in [0.2, 0.25) is 5.91 Å². The van der Waals surface area contributed by atoms with Crippen LogP contribution in [-0.2, 0) is 11.3 Å². The van der Waals surface area contributed by atoms with Gasteiger partial charge in [0.25, 0.3) is 0 Å². The van der Waals surface area contributed by atoms with Gasteiger partial charge in [0.15, 0.2) is 0 Å². The van der Waals surface area contributed by atoms with E-state index in [1.54, 1.807) is 12.1 Å². The lowest BCUT2D eigenvalue weighted by atomic mass is 10.1. The number of aryl methyl sites for hydroxylation is 1. The molecule has 2 heterocycles. The molecule has 0 saturated carbocycles. The van der Waals surface area contributed by atoms with Crippen LogP contribution in [0.2, 0.25) is 10.0 Å². The Balaban J connectivity index is 1.95. The lowest BCUT2D eigenvalue weighted by Crippen LogP contribution is -2.28. The molecule has 1 aliphatic heterocycles. The van der Waals surface area contributed by atoms with Crippen molar-refractivity contribution in [1.29, 1.82) is 0 Å². The van der Waals surface area contributed by atoms with Gasteiger partial charge in [-0.25, -0.2) is 4.98 Å². The zero-order valence-corrected chi connectivity index (χ0v) is 17.4. The van der Waals surface area contributed by atoms with Crippen molar-refractivity contribution in [3.05, 3.63) is 57.8 Å². The van der Waals surface area contributed by atoms with Gasteiger partial charge in [-0.1, -0.05) is 35.3 Å². The maximum Gasteiger partial charge on any atom is 0.222 e. The Bertz CT molecular complexity index is 1040. The molecule has 3 aromatic rings. The first-order valence-electron chi connectivity index (χ1n) is 9.51. The zero-order valence-electron chi connectivity index (χ0n) is 15.9. The van der Waals surface area contributed by atoms with Crippen LogP contribution in [0.3, 0.4) is 0 Å². The fourth-order valence-electron chi connectivity index (χ4n) is 3.91. The van der Waals surface area contributed by atoms with Crippen LogP contribution in [-0.4, -0.2) is 28.5 Å². The number of fused-ring (bicyclic) bond motifs is 3. The predicted octanol–water partition coefficient (Wildman–Crippen LogP) is 4.80. The third-order valence-corrected chi connectivity index (χ3v) is 5.84. The summed E-state index contributed by atoms with van der Waals surface area (Å²) in [7, 11) is 0. The number of amides is 1. The van der Waals surface area contributed by atoms with E-state index in [2.05, 4.69) is 34.7 Å². The van der Waals surface area contributed by atoms with Gasteiger partial charge >= 0.3 is 0 Å². The molecule has 2 aromatic carbocycles. The van der Waals surface area contributed by atoms with Gasteiger partial charge in [0, 0.05) is 41.7 Å². The molecule has 0 saturated heterocycles. The summed E-state index contributed by atoms with van der Waals surface area (Å²) in [6, 6.07) is 11.1. The van der Waals surface area contributed by atoms with Gasteiger partial charge in [-0.2, -0.15) is 0 Å². The summed E-state index contributed by atoms with van der Waals surface area (Å²) in [5, 5.41) is 4.16. The van der Waals surface area contributed by atoms with Crippen LogP contribution in [0.25, 0.3) is 11.0 Å². The fraction of sp³-hybridized carbons (Fsp3) is 0.333. The summed E-state index contributed by atoms with van der Waals surface area (Å²) < 4.78 is 2.16. The molecule has 1 aliphatic rings. The van der Waals surface area contributed by atoms with E-state index in [1.165, 1.54) is 0 Å². The number of carbonyl (C=O) groups excluding carboxylic acids is 1. The maximum atomic E-state index is 12.4. The number of para-hydroxylation sites is 1. The van der Waals surface area contributed by atoms with Crippen LogP contribution in [0.15, 0.2) is 36.4 Å². The molecule has 0 spiro atoms. The number of nitrogens with one attached hydrogen (secondary N) is 1. The Hall–Kier alpha value is -2.24. The van der Waals surface area contributed by atoms with Crippen LogP contribution in [0, 0.1) is 0 Å². The molecular formula is C21H22Cl2N4O. The summed E-state index contributed by atoms with van der Waals surface area (Å²) in [6.07, 6.45) is 0.396. The molecule has 1 atom stereocenters. The van der Waals surface area contributed by atoms with E-state index in [0.29, 0.717) is 23.0 Å². The lowest BCUT2D eigenvalue weighted by molar-refractivity contribution is -0.121. The van der Waals surface area contributed by atoms with Crippen molar-refractivity contribution in [1.82, 2.24) is 14.9 Å². The average Bonchev–Trinajstić information content (AvgIpc) is 2.97. The van der Waals surface area contributed by atoms with E-state index in [-0.39, 0.29) is 5.91 Å². The number of halogens is 2. The van der Waals surface area contributed by atoms with Gasteiger partial charge in [-0.15, -0.1) is 0 Å². The largest absolute Gasteiger partial charge is 0.370 e. The van der Waals surface area contributed by atoms with E-state index in [1.807, 2.05) is 18.2 Å². The molecule has 28 heavy (non-hydrogen) atoms. The number of imidazole rings is 1. The van der Waals surface area contributed by atoms with E-state index in [9.17, 15) is 4.79 Å². The van der Waals surface area contributed by atoms with E-state index in [4.69, 9.17) is 28.2 Å². The minimum atomic E-state index is -0.420. The number of anilines is 1. The molecule has 0 fully saturated rings. The minimum absolute atomic E-state index is 0.0185. The summed E-state index contributed by atoms with van der Waals surface area (Å²) in [4.78, 5) is 19.7. The Morgan fingerprint density at radius 1 is 1.21 bits per heavy atom. The molecule has 7 heteroatoms. The second-order valence-electron chi connectivity index (χ2n) is 6.86. The van der Waals surface area contributed by atoms with Crippen LogP contribution in [0.5, 0.6) is 0 Å². The van der Waals surface area contributed by atoms with Gasteiger partial charge in [-0.3, -0.25) is 4.79 Å². The van der Waals surface area contributed by atoms with Gasteiger partial charge in [0.05, 0.1) is 16.7 Å². The molecule has 0 aliphatic carbocycles. The number of carbonyl (C=O) groups is 1. The van der Waals surface area contributed by atoms with Crippen molar-refractivity contribution in [2.75, 3.05) is 18.0 Å². The number of nitrogens with zero attached hydrogens (tertiary/aromatic N) is 3. The lowest BCUT2D eigenvalue weighted by Gasteiger charge is -2.23. The number of hydrogen-bond acceptors (Lipinski definition) is 3. The van der Waals surface area contributed by atoms with Crippen LogP contribution >= 0.6 is 23.2 Å². The normalized spacial score (nSPS) is 16.6. The molecule has 1 aromatic heterocycles. The molecule has 4 rings (SSSR count). The van der Waals surface area contributed by atoms with E-state index >= 15 is 0 Å². The van der Waals surface area contributed by atoms with Crippen molar-refractivity contribution in [3.8, 4) is 0 Å². The van der Waals surface area contributed by atoms with Crippen LogP contribution in [0.4, 0.5) is 5.69 Å². The maximum absolute atomic E-state index is 12.4. The van der Waals surface area contributed by atoms with Crippen molar-refractivity contribution in [2.45, 2.75) is 32.9 Å². The van der Waals surface area contributed by atoms with E-state index in [0.717, 1.165) is 41.2 Å². The summed E-state index contributed by atoms with van der Waals surface area (Å²) in [6.45, 7) is 6.67. The number of rotatable bonds is 4. The summed E-state index contributed by atoms with van der Waals surface area (Å²) in [5.41, 5.74) is 3.91. The average molecular weight is 417 g/mol. The van der Waals surface area contributed by atoms with Crippen LogP contribution < -0.4 is 10.2 Å². The van der Waals surface area contributed by atoms with Gasteiger partial charge in [0.1, 0.15) is 11.9 Å². The van der Waals surface area contributed by atoms with Crippen molar-refractivity contribution in [3.63, 3.8) is 0 Å². The quantitative estimate of drug-likeness (QED) is 0.664. The first-order chi connectivity index (χ1) is 13.5. The number of benzene rings is 2. The second-order valence-corrected chi connectivity index (χ2v) is 7.70. The zero-order chi connectivity index (χ0) is 19.8. The van der Waals surface area contributed by atoms with Crippen molar-refractivity contribution >= 4 is 45.8 Å². The Morgan fingerprint density at radius 3 is 2.71 bits per heavy atom. The number of hydrogen-bond donors (Lipinski definition) is 1. The molecule has 0 radical (unpaired) electrons. The van der Waals surface area contributed by atoms with Crippen molar-refractivity contribution in [2.24, 2.45) is 0 Å². The third-order valence-electron chi connectivity index (χ3n) is 5.28. The summed E-state index contributed by atoms with van der Waals surface area (Å²) in [5.74, 6) is 0.777. The first-order valence-corrected chi connectivity index (χ1v) is 10.3. The molecule has 5 nitrogen and oxygen atoms in total.